The van der Waals surface area contributed by atoms with Crippen LogP contribution in [0.5, 0.6) is 0 Å². The van der Waals surface area contributed by atoms with E-state index in [0.717, 1.165) is 0 Å². The van der Waals surface area contributed by atoms with Gasteiger partial charge in [-0.3, -0.25) is 28.6 Å². The molecule has 224 valence electrons. The van der Waals surface area contributed by atoms with Crippen LogP contribution in [0.3, 0.4) is 0 Å². The normalized spacial score (nSPS) is 15.2. The minimum atomic E-state index is -1.30. The number of hydrogen-bond donors (Lipinski definition) is 3. The monoisotopic (exact) mass is 584 g/mol. The SMILES string of the molecule is CCC(C(=O)N[C@@H](CC(=O)O)C(=O)CN1CCN(c2ccccc2F)CC1)n1ccnc(NCc2nonc2C)c1=O. The van der Waals surface area contributed by atoms with E-state index in [9.17, 15) is 28.7 Å². The van der Waals surface area contributed by atoms with Gasteiger partial charge in [-0.25, -0.2) is 14.0 Å². The summed E-state index contributed by atoms with van der Waals surface area (Å²) in [6.07, 6.45) is 2.29. The van der Waals surface area contributed by atoms with Crippen molar-refractivity contribution in [3.63, 3.8) is 0 Å². The molecule has 4 rings (SSSR count). The fourth-order valence-electron chi connectivity index (χ4n) is 4.75. The van der Waals surface area contributed by atoms with Crippen LogP contribution in [0.25, 0.3) is 0 Å². The number of anilines is 2. The topological polar surface area (TPSA) is 176 Å². The Bertz CT molecular complexity index is 1470. The Morgan fingerprint density at radius 1 is 1.14 bits per heavy atom. The largest absolute Gasteiger partial charge is 0.481 e. The van der Waals surface area contributed by atoms with Crippen LogP contribution in [-0.2, 0) is 20.9 Å². The predicted octanol–water partition coefficient (Wildman–Crippen LogP) is 0.988. The second-order valence-corrected chi connectivity index (χ2v) is 9.90. The lowest BCUT2D eigenvalue weighted by atomic mass is 10.1. The number of aromatic nitrogens is 4. The Kier molecular flexibility index (Phi) is 9.96. The van der Waals surface area contributed by atoms with Crippen molar-refractivity contribution in [2.45, 2.75) is 45.3 Å². The van der Waals surface area contributed by atoms with Crippen LogP contribution < -0.4 is 21.1 Å². The van der Waals surface area contributed by atoms with Gasteiger partial charge < -0.3 is 20.6 Å². The van der Waals surface area contributed by atoms with E-state index in [0.29, 0.717) is 43.3 Å². The number of hydrogen-bond acceptors (Lipinski definition) is 11. The summed E-state index contributed by atoms with van der Waals surface area (Å²) in [4.78, 5) is 59.0. The van der Waals surface area contributed by atoms with Crippen LogP contribution in [0, 0.1) is 12.7 Å². The number of carboxylic acid groups (broad SMARTS) is 1. The number of carbonyl (C=O) groups is 3. The number of aliphatic carboxylic acids is 1. The fraction of sp³-hybridized carbons (Fsp3) is 0.444. The third-order valence-corrected chi connectivity index (χ3v) is 7.09. The van der Waals surface area contributed by atoms with Gasteiger partial charge in [0.2, 0.25) is 5.91 Å². The van der Waals surface area contributed by atoms with Crippen LogP contribution in [-0.4, -0.2) is 86.3 Å². The summed E-state index contributed by atoms with van der Waals surface area (Å²) in [5, 5.41) is 22.3. The number of Topliss-reactive ketones (excluding diaryl/α,β-unsaturated/α-hetero) is 1. The molecule has 0 bridgehead atoms. The molecule has 1 aliphatic heterocycles. The first-order chi connectivity index (χ1) is 20.2. The highest BCUT2D eigenvalue weighted by molar-refractivity contribution is 5.94. The second-order valence-electron chi connectivity index (χ2n) is 9.90. The smallest absolute Gasteiger partial charge is 0.305 e. The van der Waals surface area contributed by atoms with Crippen LogP contribution in [0.1, 0.15) is 37.2 Å². The zero-order chi connectivity index (χ0) is 30.2. The second kappa shape index (κ2) is 13.8. The van der Waals surface area contributed by atoms with Crippen LogP contribution in [0.15, 0.2) is 46.1 Å². The number of para-hydroxylation sites is 1. The summed E-state index contributed by atoms with van der Waals surface area (Å²) >= 11 is 0. The number of ketones is 1. The Hall–Kier alpha value is -4.66. The van der Waals surface area contributed by atoms with Gasteiger partial charge in [0.1, 0.15) is 23.2 Å². The summed E-state index contributed by atoms with van der Waals surface area (Å²) in [5.41, 5.74) is 0.938. The highest BCUT2D eigenvalue weighted by Gasteiger charge is 2.30. The molecule has 1 saturated heterocycles. The number of piperazine rings is 1. The minimum absolute atomic E-state index is 0.0289. The highest BCUT2D eigenvalue weighted by Crippen LogP contribution is 2.20. The van der Waals surface area contributed by atoms with Crippen molar-refractivity contribution in [1.29, 1.82) is 0 Å². The molecule has 1 amide bonds. The maximum atomic E-state index is 14.2. The summed E-state index contributed by atoms with van der Waals surface area (Å²) in [5.74, 6) is -2.75. The van der Waals surface area contributed by atoms with E-state index in [1.807, 2.05) is 9.80 Å². The molecular weight excluding hydrogens is 551 g/mol. The van der Waals surface area contributed by atoms with E-state index >= 15 is 0 Å². The quantitative estimate of drug-likeness (QED) is 0.260. The van der Waals surface area contributed by atoms with Gasteiger partial charge >= 0.3 is 5.97 Å². The molecule has 2 atom stereocenters. The number of nitrogens with zero attached hydrogens (tertiary/aromatic N) is 6. The molecule has 3 heterocycles. The molecular formula is C27H33FN8O6. The molecule has 3 aromatic rings. The van der Waals surface area contributed by atoms with E-state index in [1.54, 1.807) is 32.0 Å². The van der Waals surface area contributed by atoms with Gasteiger partial charge in [-0.15, -0.1) is 0 Å². The van der Waals surface area contributed by atoms with Crippen LogP contribution in [0.4, 0.5) is 15.9 Å². The van der Waals surface area contributed by atoms with Crippen molar-refractivity contribution >= 4 is 29.2 Å². The van der Waals surface area contributed by atoms with Crippen molar-refractivity contribution < 1.29 is 28.5 Å². The zero-order valence-electron chi connectivity index (χ0n) is 23.3. The molecule has 0 aliphatic carbocycles. The Labute approximate surface area is 240 Å². The van der Waals surface area contributed by atoms with E-state index in [1.165, 1.54) is 23.0 Å². The van der Waals surface area contributed by atoms with Gasteiger partial charge in [0.25, 0.3) is 5.56 Å². The third kappa shape index (κ3) is 7.34. The molecule has 1 aliphatic rings. The molecule has 0 saturated carbocycles. The maximum absolute atomic E-state index is 14.2. The molecule has 14 nitrogen and oxygen atoms in total. The lowest BCUT2D eigenvalue weighted by molar-refractivity contribution is -0.140. The molecule has 2 aromatic heterocycles. The number of carboxylic acids is 1. The molecule has 1 unspecified atom stereocenters. The van der Waals surface area contributed by atoms with Gasteiger partial charge in [0.15, 0.2) is 11.6 Å². The van der Waals surface area contributed by atoms with E-state index < -0.39 is 41.7 Å². The molecule has 1 fully saturated rings. The van der Waals surface area contributed by atoms with Gasteiger partial charge in [-0.2, -0.15) is 0 Å². The van der Waals surface area contributed by atoms with Crippen molar-refractivity contribution in [2.24, 2.45) is 0 Å². The van der Waals surface area contributed by atoms with Crippen LogP contribution >= 0.6 is 0 Å². The summed E-state index contributed by atoms with van der Waals surface area (Å²) < 4.78 is 20.0. The first kappa shape index (κ1) is 30.3. The lowest BCUT2D eigenvalue weighted by Crippen LogP contribution is -2.52. The maximum Gasteiger partial charge on any atom is 0.305 e. The number of carbonyl (C=O) groups excluding carboxylic acids is 2. The average Bonchev–Trinajstić information content (AvgIpc) is 3.38. The van der Waals surface area contributed by atoms with Gasteiger partial charge in [0, 0.05) is 38.6 Å². The third-order valence-electron chi connectivity index (χ3n) is 7.09. The number of halogens is 1. The Morgan fingerprint density at radius 3 is 2.52 bits per heavy atom. The van der Waals surface area contributed by atoms with Crippen LogP contribution in [0.2, 0.25) is 0 Å². The Morgan fingerprint density at radius 2 is 1.88 bits per heavy atom. The summed E-state index contributed by atoms with van der Waals surface area (Å²) in [6, 6.07) is 4.14. The number of nitrogens with one attached hydrogen (secondary N) is 2. The average molecular weight is 585 g/mol. The molecule has 3 N–H and O–H groups in total. The summed E-state index contributed by atoms with van der Waals surface area (Å²) in [7, 11) is 0. The minimum Gasteiger partial charge on any atom is -0.481 e. The van der Waals surface area contributed by atoms with Crippen molar-refractivity contribution in [3.05, 3.63) is 64.2 Å². The zero-order valence-corrected chi connectivity index (χ0v) is 23.3. The molecule has 0 radical (unpaired) electrons. The number of amides is 1. The van der Waals surface area contributed by atoms with Gasteiger partial charge in [-0.05, 0) is 25.5 Å². The first-order valence-electron chi connectivity index (χ1n) is 13.5. The number of benzene rings is 1. The van der Waals surface area contributed by atoms with E-state index in [-0.39, 0.29) is 31.1 Å². The van der Waals surface area contributed by atoms with Gasteiger partial charge in [-0.1, -0.05) is 29.4 Å². The highest BCUT2D eigenvalue weighted by atomic mass is 19.1. The molecule has 42 heavy (non-hydrogen) atoms. The standard InChI is InChI=1S/C27H33FN8O6/c1-3-21(36-9-8-29-25(27(36)41)30-15-20-17(2)32-42-33-20)26(40)31-19(14-24(38)39)23(37)16-34-10-12-35(13-11-34)22-7-5-4-6-18(22)28/h4-9,19,21H,3,10-16H2,1-2H3,(H,29,30)(H,31,40)(H,38,39)/t19-,21?/m0/s1. The van der Waals surface area contributed by atoms with Crippen molar-refractivity contribution in [2.75, 3.05) is 42.9 Å². The van der Waals surface area contributed by atoms with E-state index in [4.69, 9.17) is 0 Å². The molecule has 0 spiro atoms. The predicted molar refractivity (Wildman–Crippen MR) is 148 cm³/mol. The van der Waals surface area contributed by atoms with E-state index in [2.05, 4.69) is 30.6 Å². The molecule has 1 aromatic carbocycles. The van der Waals surface area contributed by atoms with Crippen molar-refractivity contribution in [1.82, 2.24) is 30.1 Å². The molecule has 15 heteroatoms. The fourth-order valence-corrected chi connectivity index (χ4v) is 4.75. The van der Waals surface area contributed by atoms with Gasteiger partial charge in [0.05, 0.1) is 31.2 Å². The summed E-state index contributed by atoms with van der Waals surface area (Å²) in [6.45, 7) is 5.30. The first-order valence-corrected chi connectivity index (χ1v) is 13.5. The van der Waals surface area contributed by atoms with Crippen molar-refractivity contribution in [3.8, 4) is 0 Å². The number of rotatable bonds is 13. The lowest BCUT2D eigenvalue weighted by Gasteiger charge is -2.36. The number of aryl methyl sites for hydroxylation is 1. The Balaban J connectivity index is 1.40.